The number of para-hydroxylation sites is 2. The van der Waals surface area contributed by atoms with Crippen LogP contribution in [0.5, 0.6) is 5.75 Å². The van der Waals surface area contributed by atoms with E-state index in [1.54, 1.807) is 48.5 Å². The molecule has 1 aliphatic rings. The first-order valence-electron chi connectivity index (χ1n) is 17.0. The van der Waals surface area contributed by atoms with Crippen LogP contribution in [0.1, 0.15) is 50.2 Å². The normalized spacial score (nSPS) is 14.1. The second kappa shape index (κ2) is 17.9. The first-order valence-corrected chi connectivity index (χ1v) is 20.4. The van der Waals surface area contributed by atoms with Crippen LogP contribution in [-0.4, -0.2) is 56.6 Å². The lowest BCUT2D eigenvalue weighted by Gasteiger charge is -2.35. The van der Waals surface area contributed by atoms with E-state index in [4.69, 9.17) is 4.74 Å². The maximum Gasteiger partial charge on any atom is 0.264 e. The van der Waals surface area contributed by atoms with Gasteiger partial charge in [-0.1, -0.05) is 89.8 Å². The van der Waals surface area contributed by atoms with E-state index >= 15 is 0 Å². The Bertz CT molecular complexity index is 1830. The van der Waals surface area contributed by atoms with Gasteiger partial charge in [0.1, 0.15) is 18.3 Å². The number of ether oxygens (including phenoxy) is 1. The SMILES string of the molecule is CCOc1ccccc1N(CC(=O)N(Cc1cccc(Br)c1)C(Cc1ccccc1)C(=O)NC1CCCCC1)S(=O)(=O)c1ccc(SC)cc1. The van der Waals surface area contributed by atoms with Crippen molar-refractivity contribution in [3.05, 3.63) is 119 Å². The summed E-state index contributed by atoms with van der Waals surface area (Å²) in [4.78, 5) is 31.7. The van der Waals surface area contributed by atoms with Crippen LogP contribution in [0.3, 0.4) is 0 Å². The number of rotatable bonds is 15. The third-order valence-corrected chi connectivity index (χ3v) is 11.8. The third-order valence-electron chi connectivity index (χ3n) is 8.82. The molecular weight excluding hydrogens is 734 g/mol. The van der Waals surface area contributed by atoms with Crippen molar-refractivity contribution >= 4 is 55.2 Å². The number of carbonyl (C=O) groups excluding carboxylic acids is 2. The van der Waals surface area contributed by atoms with Gasteiger partial charge in [0.25, 0.3) is 10.0 Å². The molecule has 0 bridgehead atoms. The number of hydrogen-bond acceptors (Lipinski definition) is 6. The van der Waals surface area contributed by atoms with Crippen LogP contribution in [-0.2, 0) is 32.6 Å². The van der Waals surface area contributed by atoms with E-state index < -0.39 is 28.5 Å². The third kappa shape index (κ3) is 9.70. The molecule has 8 nitrogen and oxygen atoms in total. The van der Waals surface area contributed by atoms with Crippen molar-refractivity contribution in [2.75, 3.05) is 23.7 Å². The average Bonchev–Trinajstić information content (AvgIpc) is 3.13. The molecule has 0 spiro atoms. The Morgan fingerprint density at radius 1 is 0.900 bits per heavy atom. The van der Waals surface area contributed by atoms with Crippen molar-refractivity contribution in [3.8, 4) is 5.75 Å². The van der Waals surface area contributed by atoms with Crippen LogP contribution in [0.15, 0.2) is 117 Å². The lowest BCUT2D eigenvalue weighted by atomic mass is 9.94. The lowest BCUT2D eigenvalue weighted by molar-refractivity contribution is -0.140. The van der Waals surface area contributed by atoms with Crippen molar-refractivity contribution in [2.45, 2.75) is 73.9 Å². The molecule has 1 unspecified atom stereocenters. The van der Waals surface area contributed by atoms with Gasteiger partial charge in [0.2, 0.25) is 11.8 Å². The zero-order valence-corrected chi connectivity index (χ0v) is 31.7. The summed E-state index contributed by atoms with van der Waals surface area (Å²) < 4.78 is 36.9. The number of sulfonamides is 1. The summed E-state index contributed by atoms with van der Waals surface area (Å²) in [6.45, 7) is 1.67. The van der Waals surface area contributed by atoms with Gasteiger partial charge in [-0.15, -0.1) is 11.8 Å². The summed E-state index contributed by atoms with van der Waals surface area (Å²) >= 11 is 5.05. The fraction of sp³-hybridized carbons (Fsp3) is 0.333. The Labute approximate surface area is 308 Å². The van der Waals surface area contributed by atoms with Gasteiger partial charge in [0.15, 0.2) is 0 Å². The van der Waals surface area contributed by atoms with E-state index in [1.165, 1.54) is 16.7 Å². The van der Waals surface area contributed by atoms with Gasteiger partial charge >= 0.3 is 0 Å². The molecule has 1 fully saturated rings. The molecule has 1 N–H and O–H groups in total. The van der Waals surface area contributed by atoms with E-state index in [2.05, 4.69) is 21.2 Å². The molecule has 50 heavy (non-hydrogen) atoms. The van der Waals surface area contributed by atoms with E-state index in [0.29, 0.717) is 12.4 Å². The number of hydrogen-bond donors (Lipinski definition) is 1. The van der Waals surface area contributed by atoms with Crippen LogP contribution >= 0.6 is 27.7 Å². The van der Waals surface area contributed by atoms with Crippen molar-refractivity contribution in [1.29, 1.82) is 0 Å². The van der Waals surface area contributed by atoms with Crippen LogP contribution < -0.4 is 14.4 Å². The molecule has 1 saturated carbocycles. The molecule has 0 aliphatic heterocycles. The van der Waals surface area contributed by atoms with Crippen LogP contribution in [0.2, 0.25) is 0 Å². The number of thioether (sulfide) groups is 1. The topological polar surface area (TPSA) is 96.0 Å². The highest BCUT2D eigenvalue weighted by molar-refractivity contribution is 9.10. The van der Waals surface area contributed by atoms with Crippen LogP contribution in [0, 0.1) is 0 Å². The first kappa shape index (κ1) is 37.5. The maximum absolute atomic E-state index is 14.9. The summed E-state index contributed by atoms with van der Waals surface area (Å²) in [5.74, 6) is -0.428. The highest BCUT2D eigenvalue weighted by atomic mass is 79.9. The molecule has 1 aliphatic carbocycles. The monoisotopic (exact) mass is 777 g/mol. The molecule has 11 heteroatoms. The van der Waals surface area contributed by atoms with Crippen molar-refractivity contribution < 1.29 is 22.7 Å². The van der Waals surface area contributed by atoms with Crippen LogP contribution in [0.4, 0.5) is 5.69 Å². The minimum Gasteiger partial charge on any atom is -0.492 e. The number of nitrogens with one attached hydrogen (secondary N) is 1. The molecule has 0 heterocycles. The average molecular weight is 779 g/mol. The quantitative estimate of drug-likeness (QED) is 0.124. The summed E-state index contributed by atoms with van der Waals surface area (Å²) in [5.41, 5.74) is 1.93. The van der Waals surface area contributed by atoms with Gasteiger partial charge in [0.05, 0.1) is 17.2 Å². The van der Waals surface area contributed by atoms with Gasteiger partial charge in [-0.25, -0.2) is 8.42 Å². The Morgan fingerprint density at radius 2 is 1.58 bits per heavy atom. The second-order valence-corrected chi connectivity index (χ2v) is 15.9. The number of benzene rings is 4. The number of nitrogens with zero attached hydrogens (tertiary/aromatic N) is 2. The molecule has 5 rings (SSSR count). The zero-order chi connectivity index (χ0) is 35.5. The van der Waals surface area contributed by atoms with Crippen molar-refractivity contribution in [2.24, 2.45) is 0 Å². The van der Waals surface area contributed by atoms with E-state index in [0.717, 1.165) is 56.9 Å². The Balaban J connectivity index is 1.59. The number of halogens is 1. The number of amides is 2. The van der Waals surface area contributed by atoms with E-state index in [1.807, 2.05) is 67.8 Å². The fourth-order valence-corrected chi connectivity index (χ4v) is 8.54. The predicted molar refractivity (Wildman–Crippen MR) is 204 cm³/mol. The fourth-order valence-electron chi connectivity index (χ4n) is 6.26. The molecule has 2 amide bonds. The summed E-state index contributed by atoms with van der Waals surface area (Å²) in [5, 5.41) is 3.25. The molecule has 4 aromatic carbocycles. The van der Waals surface area contributed by atoms with Crippen molar-refractivity contribution in [1.82, 2.24) is 10.2 Å². The van der Waals surface area contributed by atoms with Crippen molar-refractivity contribution in [3.63, 3.8) is 0 Å². The summed E-state index contributed by atoms with van der Waals surface area (Å²) in [6, 6.07) is 29.7. The Morgan fingerprint density at radius 3 is 2.26 bits per heavy atom. The summed E-state index contributed by atoms with van der Waals surface area (Å²) in [6.07, 6.45) is 7.18. The second-order valence-electron chi connectivity index (χ2n) is 12.3. The predicted octanol–water partition coefficient (Wildman–Crippen LogP) is 7.85. The Kier molecular flexibility index (Phi) is 13.4. The number of anilines is 1. The molecule has 1 atom stereocenters. The van der Waals surface area contributed by atoms with Gasteiger partial charge < -0.3 is 15.0 Å². The highest BCUT2D eigenvalue weighted by Crippen LogP contribution is 2.33. The van der Waals surface area contributed by atoms with E-state index in [-0.39, 0.29) is 35.5 Å². The van der Waals surface area contributed by atoms with Gasteiger partial charge in [0, 0.05) is 28.4 Å². The molecule has 0 saturated heterocycles. The lowest BCUT2D eigenvalue weighted by Crippen LogP contribution is -2.55. The minimum absolute atomic E-state index is 0.0246. The molecule has 264 valence electrons. The largest absolute Gasteiger partial charge is 0.492 e. The minimum atomic E-state index is -4.27. The molecule has 0 aromatic heterocycles. The standard InChI is InChI=1S/C39H44BrN3O5S2/c1-3-48-37-20-11-10-19-35(37)43(50(46,47)34-23-21-33(49-2)22-24-34)28-38(44)42(27-30-15-12-16-31(40)25-30)36(26-29-13-6-4-7-14-29)39(45)41-32-17-8-5-9-18-32/h4,6-7,10-16,19-25,32,36H,3,5,8-9,17-18,26-28H2,1-2H3,(H,41,45). The smallest absolute Gasteiger partial charge is 0.264 e. The summed E-state index contributed by atoms with van der Waals surface area (Å²) in [7, 11) is -4.27. The maximum atomic E-state index is 14.9. The molecule has 4 aromatic rings. The number of carbonyl (C=O) groups is 2. The van der Waals surface area contributed by atoms with Gasteiger partial charge in [-0.2, -0.15) is 0 Å². The molecular formula is C39H44BrN3O5S2. The van der Waals surface area contributed by atoms with Gasteiger partial charge in [-0.3, -0.25) is 13.9 Å². The zero-order valence-electron chi connectivity index (χ0n) is 28.5. The highest BCUT2D eigenvalue weighted by Gasteiger charge is 2.36. The first-order chi connectivity index (χ1) is 24.2. The molecule has 0 radical (unpaired) electrons. The Hall–Kier alpha value is -3.80. The van der Waals surface area contributed by atoms with Crippen LogP contribution in [0.25, 0.3) is 0 Å². The van der Waals surface area contributed by atoms with Gasteiger partial charge in [-0.05, 0) is 85.7 Å². The van der Waals surface area contributed by atoms with E-state index in [9.17, 15) is 18.0 Å².